The average Bonchev–Trinajstić information content (AvgIpc) is 2.47. The van der Waals surface area contributed by atoms with E-state index in [1.807, 2.05) is 12.1 Å². The molecule has 1 aliphatic carbocycles. The molecule has 5 heteroatoms. The van der Waals surface area contributed by atoms with Gasteiger partial charge in [0.1, 0.15) is 0 Å². The fourth-order valence-electron chi connectivity index (χ4n) is 2.95. The summed E-state index contributed by atoms with van der Waals surface area (Å²) in [5.41, 5.74) is 7.12. The van der Waals surface area contributed by atoms with Crippen molar-refractivity contribution >= 4 is 34.2 Å². The van der Waals surface area contributed by atoms with Gasteiger partial charge in [-0.25, -0.2) is 0 Å². The Morgan fingerprint density at radius 3 is 2.64 bits per heavy atom. The van der Waals surface area contributed by atoms with Gasteiger partial charge in [-0.3, -0.25) is 4.79 Å². The summed E-state index contributed by atoms with van der Waals surface area (Å²) >= 11 is 3.48. The molecule has 124 valence electrons. The molecule has 1 saturated carbocycles. The van der Waals surface area contributed by atoms with E-state index in [1.54, 1.807) is 0 Å². The van der Waals surface area contributed by atoms with Crippen LogP contribution in [0.4, 0.5) is 0 Å². The van der Waals surface area contributed by atoms with Gasteiger partial charge in [0.25, 0.3) is 0 Å². The molecule has 0 heterocycles. The minimum Gasteiger partial charge on any atom is -0.353 e. The van der Waals surface area contributed by atoms with Gasteiger partial charge in [0.15, 0.2) is 0 Å². The predicted molar refractivity (Wildman–Crippen MR) is 97.2 cm³/mol. The van der Waals surface area contributed by atoms with E-state index in [4.69, 9.17) is 5.73 Å². The van der Waals surface area contributed by atoms with Crippen molar-refractivity contribution in [3.63, 3.8) is 0 Å². The van der Waals surface area contributed by atoms with Crippen molar-refractivity contribution in [2.45, 2.75) is 57.5 Å². The van der Waals surface area contributed by atoms with Gasteiger partial charge in [0.2, 0.25) is 5.91 Å². The van der Waals surface area contributed by atoms with E-state index in [0.29, 0.717) is 12.1 Å². The fourth-order valence-corrected chi connectivity index (χ4v) is 3.40. The number of carbonyl (C=O) groups excluding carboxylic acids is 1. The Bertz CT molecular complexity index is 475. The van der Waals surface area contributed by atoms with Crippen molar-refractivity contribution < 1.29 is 4.79 Å². The lowest BCUT2D eigenvalue weighted by atomic mass is 9.90. The number of benzene rings is 1. The third-order valence-corrected chi connectivity index (χ3v) is 4.85. The highest BCUT2D eigenvalue weighted by atomic mass is 79.9. The summed E-state index contributed by atoms with van der Waals surface area (Å²) < 4.78 is 1.07. The van der Waals surface area contributed by atoms with Crippen molar-refractivity contribution in [3.05, 3.63) is 34.3 Å². The minimum atomic E-state index is 0. The molecule has 0 aromatic heterocycles. The lowest BCUT2D eigenvalue weighted by Crippen LogP contribution is -2.43. The topological polar surface area (TPSA) is 55.1 Å². The second-order valence-corrected chi connectivity index (χ2v) is 6.98. The molecule has 1 amide bonds. The van der Waals surface area contributed by atoms with E-state index in [1.165, 1.54) is 5.56 Å². The molecule has 3 nitrogen and oxygen atoms in total. The fraction of sp³-hybridized carbons (Fsp3) is 0.588. The van der Waals surface area contributed by atoms with Crippen LogP contribution in [0.3, 0.4) is 0 Å². The van der Waals surface area contributed by atoms with Crippen LogP contribution in [0.1, 0.15) is 44.6 Å². The highest BCUT2D eigenvalue weighted by Crippen LogP contribution is 2.20. The van der Waals surface area contributed by atoms with Gasteiger partial charge < -0.3 is 11.1 Å². The summed E-state index contributed by atoms with van der Waals surface area (Å²) in [6, 6.07) is 8.84. The smallest absolute Gasteiger partial charge is 0.223 e. The number of hydrogen-bond acceptors (Lipinski definition) is 2. The summed E-state index contributed by atoms with van der Waals surface area (Å²) in [6.07, 6.45) is 5.74. The molecule has 1 atom stereocenters. The van der Waals surface area contributed by atoms with Gasteiger partial charge in [-0.2, -0.15) is 0 Å². The van der Waals surface area contributed by atoms with Crippen molar-refractivity contribution in [2.24, 2.45) is 11.7 Å². The van der Waals surface area contributed by atoms with Crippen LogP contribution in [0.15, 0.2) is 28.7 Å². The van der Waals surface area contributed by atoms with E-state index in [2.05, 4.69) is 40.3 Å². The maximum Gasteiger partial charge on any atom is 0.223 e. The number of halogens is 2. The van der Waals surface area contributed by atoms with Crippen molar-refractivity contribution in [1.29, 1.82) is 0 Å². The standard InChI is InChI=1S/C17H25BrN2O.ClH/c1-2-13(10-12-4-3-5-14(18)11-12)17(21)20-16-8-6-15(19)7-9-16;/h3-5,11,13,15-16H,2,6-10,19H2,1H3,(H,20,21);1H. The van der Waals surface area contributed by atoms with Crippen molar-refractivity contribution in [1.82, 2.24) is 5.32 Å². The van der Waals surface area contributed by atoms with Gasteiger partial charge in [0, 0.05) is 22.5 Å². The predicted octanol–water partition coefficient (Wildman–Crippen LogP) is 3.83. The number of amides is 1. The molecule has 1 unspecified atom stereocenters. The first-order valence-electron chi connectivity index (χ1n) is 7.89. The molecule has 0 bridgehead atoms. The number of carbonyl (C=O) groups is 1. The van der Waals surface area contributed by atoms with E-state index in [9.17, 15) is 4.79 Å². The average molecular weight is 390 g/mol. The third-order valence-electron chi connectivity index (χ3n) is 4.35. The first kappa shape index (κ1) is 19.5. The molecule has 0 radical (unpaired) electrons. The van der Waals surface area contributed by atoms with E-state index < -0.39 is 0 Å². The summed E-state index contributed by atoms with van der Waals surface area (Å²) in [6.45, 7) is 2.08. The lowest BCUT2D eigenvalue weighted by Gasteiger charge is -2.28. The monoisotopic (exact) mass is 388 g/mol. The zero-order valence-corrected chi connectivity index (χ0v) is 15.5. The lowest BCUT2D eigenvalue weighted by molar-refractivity contribution is -0.126. The number of nitrogens with one attached hydrogen (secondary N) is 1. The minimum absolute atomic E-state index is 0. The molecule has 1 aromatic carbocycles. The Morgan fingerprint density at radius 2 is 2.05 bits per heavy atom. The first-order chi connectivity index (χ1) is 10.1. The molecule has 1 fully saturated rings. The van der Waals surface area contributed by atoms with Gasteiger partial charge in [-0.1, -0.05) is 35.0 Å². The molecular formula is C17H26BrClN2O. The SMILES string of the molecule is CCC(Cc1cccc(Br)c1)C(=O)NC1CCC(N)CC1.Cl. The first-order valence-corrected chi connectivity index (χ1v) is 8.68. The van der Waals surface area contributed by atoms with Gasteiger partial charge in [-0.15, -0.1) is 12.4 Å². The van der Waals surface area contributed by atoms with Crippen LogP contribution in [0.2, 0.25) is 0 Å². The van der Waals surface area contributed by atoms with Crippen molar-refractivity contribution in [3.8, 4) is 0 Å². The van der Waals surface area contributed by atoms with E-state index >= 15 is 0 Å². The summed E-state index contributed by atoms with van der Waals surface area (Å²) in [5.74, 6) is 0.243. The maximum atomic E-state index is 12.5. The number of hydrogen-bond donors (Lipinski definition) is 2. The Hall–Kier alpha value is -0.580. The second kappa shape index (κ2) is 9.53. The summed E-state index contributed by atoms with van der Waals surface area (Å²) in [4.78, 5) is 12.5. The van der Waals surface area contributed by atoms with Crippen molar-refractivity contribution in [2.75, 3.05) is 0 Å². The van der Waals surface area contributed by atoms with Crippen LogP contribution in [-0.2, 0) is 11.2 Å². The van der Waals surface area contributed by atoms with Gasteiger partial charge in [-0.05, 0) is 56.2 Å². The Kier molecular flexibility index (Phi) is 8.44. The van der Waals surface area contributed by atoms with Gasteiger partial charge in [0.05, 0.1) is 0 Å². The maximum absolute atomic E-state index is 12.5. The second-order valence-electron chi connectivity index (χ2n) is 6.06. The zero-order chi connectivity index (χ0) is 15.2. The largest absolute Gasteiger partial charge is 0.353 e. The Balaban J connectivity index is 0.00000242. The molecule has 1 aromatic rings. The summed E-state index contributed by atoms with van der Waals surface area (Å²) in [7, 11) is 0. The third kappa shape index (κ3) is 5.90. The van der Waals surface area contributed by atoms with Crippen LogP contribution in [0, 0.1) is 5.92 Å². The summed E-state index contributed by atoms with van der Waals surface area (Å²) in [5, 5.41) is 3.22. The van der Waals surface area contributed by atoms with Crippen LogP contribution in [0.5, 0.6) is 0 Å². The van der Waals surface area contributed by atoms with E-state index in [-0.39, 0.29) is 24.2 Å². The Morgan fingerprint density at radius 1 is 1.36 bits per heavy atom. The molecule has 22 heavy (non-hydrogen) atoms. The zero-order valence-electron chi connectivity index (χ0n) is 13.1. The number of rotatable bonds is 5. The molecule has 3 N–H and O–H groups in total. The van der Waals surface area contributed by atoms with Crippen LogP contribution < -0.4 is 11.1 Å². The molecular weight excluding hydrogens is 364 g/mol. The molecule has 0 spiro atoms. The quantitative estimate of drug-likeness (QED) is 0.804. The highest BCUT2D eigenvalue weighted by molar-refractivity contribution is 9.10. The Labute approximate surface area is 148 Å². The van der Waals surface area contributed by atoms with E-state index in [0.717, 1.165) is 43.0 Å². The van der Waals surface area contributed by atoms with Crippen LogP contribution >= 0.6 is 28.3 Å². The van der Waals surface area contributed by atoms with Gasteiger partial charge >= 0.3 is 0 Å². The molecule has 0 saturated heterocycles. The van der Waals surface area contributed by atoms with Crippen LogP contribution in [-0.4, -0.2) is 18.0 Å². The van der Waals surface area contributed by atoms with Crippen LogP contribution in [0.25, 0.3) is 0 Å². The highest BCUT2D eigenvalue weighted by Gasteiger charge is 2.23. The molecule has 0 aliphatic heterocycles. The number of nitrogens with two attached hydrogens (primary N) is 1. The molecule has 2 rings (SSSR count). The molecule has 1 aliphatic rings. The normalized spacial score (nSPS) is 22.5.